The zero-order valence-corrected chi connectivity index (χ0v) is 13.1. The van der Waals surface area contributed by atoms with Gasteiger partial charge in [0.2, 0.25) is 0 Å². The van der Waals surface area contributed by atoms with E-state index in [-0.39, 0.29) is 11.6 Å². The van der Waals surface area contributed by atoms with Crippen LogP contribution < -0.4 is 0 Å². The molecule has 0 aromatic heterocycles. The smallest absolute Gasteiger partial charge is 0.177 e. The molecule has 0 aliphatic heterocycles. The molecule has 0 amide bonds. The Balaban J connectivity index is 2.22. The number of carbonyl (C=O) groups excluding carboxylic acids is 2. The summed E-state index contributed by atoms with van der Waals surface area (Å²) in [5, 5.41) is 0. The van der Waals surface area contributed by atoms with E-state index in [1.54, 1.807) is 36.4 Å². The minimum absolute atomic E-state index is 0.169. The van der Waals surface area contributed by atoms with Crippen LogP contribution in [0.25, 0.3) is 0 Å². The van der Waals surface area contributed by atoms with Crippen molar-refractivity contribution >= 4 is 23.6 Å². The first-order valence-electron chi connectivity index (χ1n) is 6.70. The largest absolute Gasteiger partial charge is 0.299 e. The van der Waals surface area contributed by atoms with Gasteiger partial charge in [0.15, 0.2) is 5.78 Å². The van der Waals surface area contributed by atoms with Gasteiger partial charge in [0, 0.05) is 10.5 Å². The first-order valence-corrected chi connectivity index (χ1v) is 7.44. The van der Waals surface area contributed by atoms with Crippen LogP contribution in [0.1, 0.15) is 28.8 Å². The van der Waals surface area contributed by atoms with Crippen molar-refractivity contribution in [3.05, 3.63) is 65.7 Å². The molecule has 4 nitrogen and oxygen atoms in total. The normalized spacial score (nSPS) is 11.9. The summed E-state index contributed by atoms with van der Waals surface area (Å²) < 4.78 is 4.75. The first kappa shape index (κ1) is 16.4. The Bertz CT molecular complexity index is 637. The van der Waals surface area contributed by atoms with Crippen molar-refractivity contribution in [2.24, 2.45) is 0 Å². The highest BCUT2D eigenvalue weighted by Crippen LogP contribution is 2.24. The van der Waals surface area contributed by atoms with E-state index in [2.05, 4.69) is 4.89 Å². The molecule has 22 heavy (non-hydrogen) atoms. The van der Waals surface area contributed by atoms with E-state index in [1.807, 2.05) is 18.2 Å². The van der Waals surface area contributed by atoms with E-state index in [1.165, 1.54) is 14.0 Å². The number of rotatable bonds is 7. The molecule has 2 aromatic rings. The van der Waals surface area contributed by atoms with E-state index in [0.717, 1.165) is 16.9 Å². The van der Waals surface area contributed by atoms with E-state index in [9.17, 15) is 9.59 Å². The molecule has 2 rings (SSSR count). The summed E-state index contributed by atoms with van der Waals surface area (Å²) in [4.78, 5) is 29.8. The summed E-state index contributed by atoms with van der Waals surface area (Å²) in [6.45, 7) is 1.44. The minimum atomic E-state index is -0.769. The molecule has 0 saturated heterocycles. The van der Waals surface area contributed by atoms with E-state index >= 15 is 0 Å². The Morgan fingerprint density at radius 1 is 1.00 bits per heavy atom. The summed E-state index contributed by atoms with van der Waals surface area (Å²) in [7, 11) is 1.42. The fourth-order valence-electron chi connectivity index (χ4n) is 2.13. The molecule has 5 heteroatoms. The van der Waals surface area contributed by atoms with Gasteiger partial charge >= 0.3 is 0 Å². The SMILES string of the molecule is COOSc1ccc(C(=O)C(C(C)=O)c2ccccc2)cc1. The van der Waals surface area contributed by atoms with Crippen LogP contribution in [0.4, 0.5) is 0 Å². The lowest BCUT2D eigenvalue weighted by atomic mass is 9.88. The highest BCUT2D eigenvalue weighted by Gasteiger charge is 2.26. The van der Waals surface area contributed by atoms with Crippen LogP contribution in [0.3, 0.4) is 0 Å². The van der Waals surface area contributed by atoms with E-state index in [4.69, 9.17) is 4.33 Å². The fraction of sp³-hybridized carbons (Fsp3) is 0.176. The summed E-state index contributed by atoms with van der Waals surface area (Å²) in [6.07, 6.45) is 0. The number of carbonyl (C=O) groups is 2. The van der Waals surface area contributed by atoms with Gasteiger partial charge in [-0.25, -0.2) is 4.89 Å². The number of Topliss-reactive ketones (excluding diaryl/α,β-unsaturated/α-hetero) is 2. The van der Waals surface area contributed by atoms with E-state index in [0.29, 0.717) is 11.1 Å². The lowest BCUT2D eigenvalue weighted by Gasteiger charge is -2.13. The molecule has 0 bridgehead atoms. The highest BCUT2D eigenvalue weighted by molar-refractivity contribution is 7.94. The second-order valence-corrected chi connectivity index (χ2v) is 5.44. The Morgan fingerprint density at radius 2 is 1.64 bits per heavy atom. The predicted molar refractivity (Wildman–Crippen MR) is 84.6 cm³/mol. The van der Waals surface area contributed by atoms with Crippen LogP contribution in [0.2, 0.25) is 0 Å². The van der Waals surface area contributed by atoms with Gasteiger partial charge in [-0.1, -0.05) is 42.5 Å². The number of ketones is 2. The molecule has 1 atom stereocenters. The van der Waals surface area contributed by atoms with Crippen molar-refractivity contribution in [3.8, 4) is 0 Å². The van der Waals surface area contributed by atoms with Crippen molar-refractivity contribution < 1.29 is 18.8 Å². The lowest BCUT2D eigenvalue weighted by molar-refractivity contribution is -0.160. The fourth-order valence-corrected chi connectivity index (χ4v) is 2.52. The molecule has 0 aliphatic carbocycles. The molecule has 0 radical (unpaired) electrons. The average molecular weight is 316 g/mol. The molecule has 114 valence electrons. The summed E-state index contributed by atoms with van der Waals surface area (Å²) in [6, 6.07) is 15.9. The summed E-state index contributed by atoms with van der Waals surface area (Å²) in [5.41, 5.74) is 1.20. The standard InChI is InChI=1S/C17H16O4S/c1-12(18)16(13-6-4-3-5-7-13)17(19)14-8-10-15(11-9-14)22-21-20-2/h3-11,16H,1-2H3. The lowest BCUT2D eigenvalue weighted by Crippen LogP contribution is -2.20. The monoisotopic (exact) mass is 316 g/mol. The second-order valence-electron chi connectivity index (χ2n) is 4.66. The topological polar surface area (TPSA) is 52.6 Å². The Labute approximate surface area is 133 Å². The maximum absolute atomic E-state index is 12.6. The molecule has 2 aromatic carbocycles. The average Bonchev–Trinajstić information content (AvgIpc) is 2.54. The van der Waals surface area contributed by atoms with Crippen molar-refractivity contribution in [2.75, 3.05) is 7.11 Å². The molecule has 0 saturated carbocycles. The van der Waals surface area contributed by atoms with Crippen LogP contribution >= 0.6 is 12.0 Å². The maximum Gasteiger partial charge on any atom is 0.177 e. The molecule has 0 N–H and O–H groups in total. The first-order chi connectivity index (χ1) is 10.6. The van der Waals surface area contributed by atoms with Crippen LogP contribution in [0, 0.1) is 0 Å². The van der Waals surface area contributed by atoms with Gasteiger partial charge in [-0.3, -0.25) is 9.59 Å². The third-order valence-corrected chi connectivity index (χ3v) is 3.81. The molecule has 0 spiro atoms. The molecular weight excluding hydrogens is 300 g/mol. The minimum Gasteiger partial charge on any atom is -0.299 e. The third kappa shape index (κ3) is 4.04. The zero-order chi connectivity index (χ0) is 15.9. The second kappa shape index (κ2) is 7.89. The van der Waals surface area contributed by atoms with Gasteiger partial charge in [0.05, 0.1) is 19.2 Å². The zero-order valence-electron chi connectivity index (χ0n) is 12.3. The van der Waals surface area contributed by atoms with Gasteiger partial charge in [-0.2, -0.15) is 4.33 Å². The quantitative estimate of drug-likeness (QED) is 0.255. The van der Waals surface area contributed by atoms with E-state index < -0.39 is 5.92 Å². The molecule has 0 heterocycles. The predicted octanol–water partition coefficient (Wildman–Crippen LogP) is 3.83. The molecule has 1 unspecified atom stereocenters. The van der Waals surface area contributed by atoms with Gasteiger partial charge in [-0.15, -0.1) is 0 Å². The Morgan fingerprint density at radius 3 is 2.18 bits per heavy atom. The maximum atomic E-state index is 12.6. The number of hydrogen-bond acceptors (Lipinski definition) is 5. The van der Waals surface area contributed by atoms with Crippen LogP contribution in [-0.4, -0.2) is 18.7 Å². The van der Waals surface area contributed by atoms with Crippen molar-refractivity contribution in [1.82, 2.24) is 0 Å². The molecular formula is C17H16O4S. The number of hydrogen-bond donors (Lipinski definition) is 0. The number of benzene rings is 2. The van der Waals surface area contributed by atoms with Gasteiger partial charge < -0.3 is 0 Å². The Kier molecular flexibility index (Phi) is 5.89. The molecule has 0 fully saturated rings. The van der Waals surface area contributed by atoms with Crippen LogP contribution in [0.5, 0.6) is 0 Å². The van der Waals surface area contributed by atoms with Crippen LogP contribution in [-0.2, 0) is 14.0 Å². The summed E-state index contributed by atoms with van der Waals surface area (Å²) >= 11 is 1.05. The summed E-state index contributed by atoms with van der Waals surface area (Å²) in [5.74, 6) is -1.14. The van der Waals surface area contributed by atoms with Gasteiger partial charge in [-0.05, 0) is 24.6 Å². The molecule has 0 aliphatic rings. The van der Waals surface area contributed by atoms with Crippen molar-refractivity contribution in [3.63, 3.8) is 0 Å². The van der Waals surface area contributed by atoms with Crippen LogP contribution in [0.15, 0.2) is 59.5 Å². The highest BCUT2D eigenvalue weighted by atomic mass is 32.2. The van der Waals surface area contributed by atoms with Crippen molar-refractivity contribution in [1.29, 1.82) is 0 Å². The van der Waals surface area contributed by atoms with Gasteiger partial charge in [0.1, 0.15) is 11.7 Å². The Hall–Kier alpha value is -1.95. The van der Waals surface area contributed by atoms with Crippen molar-refractivity contribution in [2.45, 2.75) is 17.7 Å². The third-order valence-electron chi connectivity index (χ3n) is 3.14. The van der Waals surface area contributed by atoms with Gasteiger partial charge in [0.25, 0.3) is 0 Å².